The van der Waals surface area contributed by atoms with Gasteiger partial charge in [0, 0.05) is 0 Å². The Morgan fingerprint density at radius 3 is 1.31 bits per heavy atom. The van der Waals surface area contributed by atoms with Crippen LogP contribution in [0.5, 0.6) is 0 Å². The van der Waals surface area contributed by atoms with Crippen molar-refractivity contribution in [2.24, 2.45) is 0 Å². The van der Waals surface area contributed by atoms with Crippen molar-refractivity contribution in [3.05, 3.63) is 58.2 Å². The van der Waals surface area contributed by atoms with Crippen molar-refractivity contribution in [3.63, 3.8) is 0 Å². The summed E-state index contributed by atoms with van der Waals surface area (Å²) in [6.45, 7) is 3.63. The molecule has 0 bridgehead atoms. The molecule has 2 N–H and O–H groups in total. The molecule has 2 heterocycles. The van der Waals surface area contributed by atoms with Crippen molar-refractivity contribution >= 4 is 104 Å². The summed E-state index contributed by atoms with van der Waals surface area (Å²) in [6.07, 6.45) is 0. The zero-order chi connectivity index (χ0) is 27.0. The predicted molar refractivity (Wildman–Crippen MR) is 143 cm³/mol. The summed E-state index contributed by atoms with van der Waals surface area (Å²) in [5, 5.41) is 0. The SMILES string of the molecule is COC(=O)c1cc(C)c2nc(C(Cl)(Cl)Cl)[nH]c2c1.COC(=O)c1cc(C)c2nc(C(Cl)(Cl)Cl)[nH]c2c1. The Morgan fingerprint density at radius 2 is 1.03 bits per heavy atom. The summed E-state index contributed by atoms with van der Waals surface area (Å²) in [5.41, 5.74) is 4.99. The first-order chi connectivity index (χ1) is 16.6. The number of aromatic nitrogens is 4. The maximum Gasteiger partial charge on any atom is 0.337 e. The maximum absolute atomic E-state index is 11.5. The van der Waals surface area contributed by atoms with E-state index in [9.17, 15) is 9.59 Å². The monoisotopic (exact) mass is 612 g/mol. The number of benzene rings is 2. The molecule has 2 aromatic carbocycles. The number of H-pyrrole nitrogens is 2. The number of nitrogens with zero attached hydrogens (tertiary/aromatic N) is 2. The van der Waals surface area contributed by atoms with Crippen LogP contribution in [0.25, 0.3) is 22.1 Å². The number of aryl methyl sites for hydroxylation is 2. The highest BCUT2D eigenvalue weighted by Crippen LogP contribution is 2.38. The minimum Gasteiger partial charge on any atom is -0.465 e. The largest absolute Gasteiger partial charge is 0.465 e. The molecule has 4 rings (SSSR count). The topological polar surface area (TPSA) is 110 Å². The zero-order valence-corrected chi connectivity index (χ0v) is 23.6. The number of ether oxygens (including phenoxy) is 2. The minimum absolute atomic E-state index is 0.215. The summed E-state index contributed by atoms with van der Waals surface area (Å²) in [6, 6.07) is 6.58. The van der Waals surface area contributed by atoms with Gasteiger partial charge in [0.15, 0.2) is 11.6 Å². The second-order valence-corrected chi connectivity index (χ2v) is 12.1. The number of esters is 2. The number of nitrogens with one attached hydrogen (secondary N) is 2. The first-order valence-corrected chi connectivity index (χ1v) is 12.2. The van der Waals surface area contributed by atoms with E-state index in [2.05, 4.69) is 29.4 Å². The van der Waals surface area contributed by atoms with Crippen molar-refractivity contribution in [2.75, 3.05) is 14.2 Å². The molecule has 2 aromatic heterocycles. The average Bonchev–Trinajstić information content (AvgIpc) is 3.43. The van der Waals surface area contributed by atoms with Crippen molar-refractivity contribution in [1.29, 1.82) is 0 Å². The molecular weight excluding hydrogens is 597 g/mol. The Labute approximate surface area is 235 Å². The number of hydrogen-bond acceptors (Lipinski definition) is 6. The van der Waals surface area contributed by atoms with E-state index in [0.29, 0.717) is 33.2 Å². The van der Waals surface area contributed by atoms with E-state index in [1.54, 1.807) is 24.3 Å². The van der Waals surface area contributed by atoms with Gasteiger partial charge in [-0.1, -0.05) is 69.6 Å². The molecule has 0 spiro atoms. The molecule has 0 unspecified atom stereocenters. The molecule has 0 aliphatic rings. The third-order valence-corrected chi connectivity index (χ3v) is 6.01. The van der Waals surface area contributed by atoms with Gasteiger partial charge in [0.05, 0.1) is 47.4 Å². The van der Waals surface area contributed by atoms with Gasteiger partial charge >= 0.3 is 11.9 Å². The molecule has 0 saturated heterocycles. The Morgan fingerprint density at radius 1 is 0.694 bits per heavy atom. The number of fused-ring (bicyclic) bond motifs is 2. The van der Waals surface area contributed by atoms with E-state index < -0.39 is 19.5 Å². The van der Waals surface area contributed by atoms with E-state index >= 15 is 0 Å². The van der Waals surface area contributed by atoms with Crippen LogP contribution in [0.1, 0.15) is 43.5 Å². The molecule has 0 saturated carbocycles. The van der Waals surface area contributed by atoms with E-state index in [4.69, 9.17) is 69.6 Å². The van der Waals surface area contributed by atoms with Crippen molar-refractivity contribution in [3.8, 4) is 0 Å². The quantitative estimate of drug-likeness (QED) is 0.186. The Hall–Kier alpha value is -1.94. The number of aromatic amines is 2. The van der Waals surface area contributed by atoms with E-state index in [1.165, 1.54) is 14.2 Å². The van der Waals surface area contributed by atoms with Gasteiger partial charge in [0.2, 0.25) is 7.59 Å². The minimum atomic E-state index is -1.63. The molecule has 8 nitrogen and oxygen atoms in total. The average molecular weight is 615 g/mol. The van der Waals surface area contributed by atoms with Crippen LogP contribution in [-0.4, -0.2) is 46.1 Å². The Kier molecular flexibility index (Phi) is 8.60. The van der Waals surface area contributed by atoms with Gasteiger partial charge in [-0.25, -0.2) is 19.6 Å². The number of methoxy groups -OCH3 is 2. The molecule has 0 fully saturated rings. The van der Waals surface area contributed by atoms with Gasteiger partial charge < -0.3 is 19.4 Å². The van der Waals surface area contributed by atoms with Gasteiger partial charge in [0.25, 0.3) is 0 Å². The molecule has 0 radical (unpaired) electrons. The van der Waals surface area contributed by atoms with Gasteiger partial charge in [-0.05, 0) is 49.2 Å². The summed E-state index contributed by atoms with van der Waals surface area (Å²) < 4.78 is 6.07. The van der Waals surface area contributed by atoms with Crippen LogP contribution in [0.15, 0.2) is 24.3 Å². The molecule has 0 aliphatic heterocycles. The lowest BCUT2D eigenvalue weighted by molar-refractivity contribution is 0.0592. The standard InChI is InChI=1S/2C11H9Cl3N2O2/c2*1-5-3-6(9(17)18-2)4-7-8(5)16-10(15-7)11(12,13)14/h2*3-4H,1-2H3,(H,15,16). The number of alkyl halides is 6. The fraction of sp³-hybridized carbons (Fsp3) is 0.273. The van der Waals surface area contributed by atoms with Crippen molar-refractivity contribution in [2.45, 2.75) is 21.4 Å². The lowest BCUT2D eigenvalue weighted by Crippen LogP contribution is -2.02. The normalized spacial score (nSPS) is 11.8. The maximum atomic E-state index is 11.5. The number of rotatable bonds is 2. The summed E-state index contributed by atoms with van der Waals surface area (Å²) in [5.74, 6) is -0.421. The molecule has 36 heavy (non-hydrogen) atoms. The van der Waals surface area contributed by atoms with E-state index in [1.807, 2.05) is 13.8 Å². The van der Waals surface area contributed by atoms with Crippen LogP contribution in [0.3, 0.4) is 0 Å². The molecule has 4 aromatic rings. The Bertz CT molecular complexity index is 1340. The van der Waals surface area contributed by atoms with Crippen LogP contribution in [0, 0.1) is 13.8 Å². The third kappa shape index (κ3) is 6.30. The van der Waals surface area contributed by atoms with Gasteiger partial charge in [-0.2, -0.15) is 0 Å². The number of carbonyl (C=O) groups is 2. The fourth-order valence-electron chi connectivity index (χ4n) is 3.32. The highest BCUT2D eigenvalue weighted by atomic mass is 35.6. The van der Waals surface area contributed by atoms with Crippen molar-refractivity contribution < 1.29 is 19.1 Å². The molecule has 0 atom stereocenters. The first kappa shape index (κ1) is 28.6. The lowest BCUT2D eigenvalue weighted by atomic mass is 10.1. The first-order valence-electron chi connectivity index (χ1n) is 9.97. The highest BCUT2D eigenvalue weighted by molar-refractivity contribution is 6.67. The lowest BCUT2D eigenvalue weighted by Gasteiger charge is -2.04. The highest BCUT2D eigenvalue weighted by Gasteiger charge is 2.28. The third-order valence-electron chi connectivity index (χ3n) is 4.93. The van der Waals surface area contributed by atoms with E-state index in [-0.39, 0.29) is 11.6 Å². The van der Waals surface area contributed by atoms with Crippen LogP contribution in [-0.2, 0) is 17.1 Å². The van der Waals surface area contributed by atoms with Crippen LogP contribution in [0.2, 0.25) is 0 Å². The fourth-order valence-corrected chi connectivity index (χ4v) is 3.86. The smallest absolute Gasteiger partial charge is 0.337 e. The summed E-state index contributed by atoms with van der Waals surface area (Å²) in [7, 11) is 2.64. The molecule has 14 heteroatoms. The number of imidazole rings is 2. The number of hydrogen-bond donors (Lipinski definition) is 2. The van der Waals surface area contributed by atoms with Crippen LogP contribution >= 0.6 is 69.6 Å². The summed E-state index contributed by atoms with van der Waals surface area (Å²) >= 11 is 34.5. The second kappa shape index (κ2) is 10.8. The van der Waals surface area contributed by atoms with E-state index in [0.717, 1.165) is 11.1 Å². The van der Waals surface area contributed by atoms with Crippen LogP contribution in [0.4, 0.5) is 0 Å². The van der Waals surface area contributed by atoms with Gasteiger partial charge in [-0.15, -0.1) is 0 Å². The number of carbonyl (C=O) groups excluding carboxylic acids is 2. The second-order valence-electron chi connectivity index (χ2n) is 7.53. The zero-order valence-electron chi connectivity index (χ0n) is 19.1. The number of halogens is 6. The molecule has 0 amide bonds. The molecular formula is C22H18Cl6N4O4. The van der Waals surface area contributed by atoms with Crippen LogP contribution < -0.4 is 0 Å². The van der Waals surface area contributed by atoms with Crippen molar-refractivity contribution in [1.82, 2.24) is 19.9 Å². The summed E-state index contributed by atoms with van der Waals surface area (Å²) in [4.78, 5) is 37.1. The van der Waals surface area contributed by atoms with Gasteiger partial charge in [-0.3, -0.25) is 0 Å². The predicted octanol–water partition coefficient (Wildman–Crippen LogP) is 6.97. The molecule has 0 aliphatic carbocycles. The van der Waals surface area contributed by atoms with Gasteiger partial charge in [0.1, 0.15) is 0 Å². The molecule has 192 valence electrons. The Balaban J connectivity index is 0.000000201.